The second kappa shape index (κ2) is 7.73. The fourth-order valence-corrected chi connectivity index (χ4v) is 2.00. The Kier molecular flexibility index (Phi) is 5.68. The van der Waals surface area contributed by atoms with Gasteiger partial charge in [0.2, 0.25) is 0 Å². The molecule has 0 radical (unpaired) electrons. The van der Waals surface area contributed by atoms with Crippen LogP contribution in [-0.2, 0) is 11.3 Å². The molecule has 25 heavy (non-hydrogen) atoms. The van der Waals surface area contributed by atoms with Crippen molar-refractivity contribution in [2.24, 2.45) is 0 Å². The molecule has 0 spiro atoms. The van der Waals surface area contributed by atoms with Crippen molar-refractivity contribution >= 4 is 17.9 Å². The van der Waals surface area contributed by atoms with Crippen molar-refractivity contribution in [1.82, 2.24) is 25.5 Å². The van der Waals surface area contributed by atoms with Gasteiger partial charge in [0.15, 0.2) is 0 Å². The highest BCUT2D eigenvalue weighted by Crippen LogP contribution is 2.13. The Balaban J connectivity index is 1.98. The molecule has 0 aliphatic rings. The zero-order valence-electron chi connectivity index (χ0n) is 14.7. The summed E-state index contributed by atoms with van der Waals surface area (Å²) in [4.78, 5) is 25.8. The normalized spacial score (nSPS) is 11.0. The highest BCUT2D eigenvalue weighted by atomic mass is 16.6. The van der Waals surface area contributed by atoms with Crippen molar-refractivity contribution < 1.29 is 14.3 Å². The number of nitrogens with zero attached hydrogens (tertiary/aromatic N) is 4. The molecule has 0 atom stereocenters. The zero-order valence-corrected chi connectivity index (χ0v) is 14.7. The molecule has 0 unspecified atom stereocenters. The van der Waals surface area contributed by atoms with Gasteiger partial charge in [0, 0.05) is 18.7 Å². The lowest BCUT2D eigenvalue weighted by Crippen LogP contribution is -2.36. The molecule has 1 aromatic heterocycles. The van der Waals surface area contributed by atoms with E-state index >= 15 is 0 Å². The number of anilines is 1. The highest BCUT2D eigenvalue weighted by molar-refractivity contribution is 6.03. The molecule has 1 aromatic carbocycles. The van der Waals surface area contributed by atoms with Gasteiger partial charge in [0.05, 0.1) is 0 Å². The summed E-state index contributed by atoms with van der Waals surface area (Å²) in [5, 5.41) is 15.5. The van der Waals surface area contributed by atoms with Gasteiger partial charge in [-0.15, -0.1) is 5.10 Å². The molecule has 2 amide bonds. The van der Waals surface area contributed by atoms with E-state index in [4.69, 9.17) is 4.74 Å². The predicted molar refractivity (Wildman–Crippen MR) is 90.9 cm³/mol. The van der Waals surface area contributed by atoms with E-state index in [1.54, 1.807) is 29.2 Å². The molecule has 0 bridgehead atoms. The Morgan fingerprint density at radius 1 is 1.24 bits per heavy atom. The first-order chi connectivity index (χ1) is 11.8. The van der Waals surface area contributed by atoms with Crippen molar-refractivity contribution in [3.8, 4) is 0 Å². The summed E-state index contributed by atoms with van der Waals surface area (Å²) in [6, 6.07) is 6.93. The molecule has 9 nitrogen and oxygen atoms in total. The van der Waals surface area contributed by atoms with Gasteiger partial charge in [-0.25, -0.2) is 4.79 Å². The maximum atomic E-state index is 12.2. The minimum atomic E-state index is -0.540. The third-order valence-corrected chi connectivity index (χ3v) is 3.19. The average molecular weight is 346 g/mol. The van der Waals surface area contributed by atoms with E-state index in [-0.39, 0.29) is 17.9 Å². The first-order valence-electron chi connectivity index (χ1n) is 7.90. The van der Waals surface area contributed by atoms with Crippen LogP contribution in [0, 0.1) is 0 Å². The number of rotatable bonds is 5. The third kappa shape index (κ3) is 5.55. The maximum absolute atomic E-state index is 12.2. The molecule has 0 saturated carbocycles. The predicted octanol–water partition coefficient (Wildman–Crippen LogP) is 2.21. The van der Waals surface area contributed by atoms with Crippen molar-refractivity contribution in [3.05, 3.63) is 35.4 Å². The number of ether oxygens (including phenoxy) is 1. The van der Waals surface area contributed by atoms with Gasteiger partial charge < -0.3 is 9.64 Å². The summed E-state index contributed by atoms with van der Waals surface area (Å²) < 4.78 is 5.38. The van der Waals surface area contributed by atoms with Crippen LogP contribution in [0.15, 0.2) is 24.3 Å². The number of hydrogen-bond donors (Lipinski definition) is 2. The van der Waals surface area contributed by atoms with Gasteiger partial charge in [0.1, 0.15) is 5.60 Å². The standard InChI is InChI=1S/C16H22N6O3/c1-5-22(15(24)25-16(2,3)4)10-11-6-8-12(9-7-11)13(23)17-14-18-20-21-19-14/h6-9H,5,10H2,1-4H3,(H2,17,18,19,20,21,23). The quantitative estimate of drug-likeness (QED) is 0.858. The lowest BCUT2D eigenvalue weighted by atomic mass is 10.1. The number of H-pyrrole nitrogens is 1. The van der Waals surface area contributed by atoms with Crippen LogP contribution in [0.3, 0.4) is 0 Å². The van der Waals surface area contributed by atoms with Gasteiger partial charge in [-0.1, -0.05) is 17.2 Å². The topological polar surface area (TPSA) is 113 Å². The van der Waals surface area contributed by atoms with Gasteiger partial charge in [-0.05, 0) is 50.6 Å². The van der Waals surface area contributed by atoms with Crippen molar-refractivity contribution in [2.45, 2.75) is 39.8 Å². The molecular weight excluding hydrogens is 324 g/mol. The maximum Gasteiger partial charge on any atom is 0.410 e. The van der Waals surface area contributed by atoms with Crippen LogP contribution in [-0.4, -0.2) is 49.7 Å². The molecule has 0 saturated heterocycles. The number of aromatic nitrogens is 4. The first kappa shape index (κ1) is 18.4. The van der Waals surface area contributed by atoms with Crippen molar-refractivity contribution in [1.29, 1.82) is 0 Å². The number of aromatic amines is 1. The molecule has 2 N–H and O–H groups in total. The molecule has 2 rings (SSSR count). The smallest absolute Gasteiger partial charge is 0.410 e. The average Bonchev–Trinajstić information content (AvgIpc) is 3.04. The molecule has 1 heterocycles. The van der Waals surface area contributed by atoms with Gasteiger partial charge in [-0.2, -0.15) is 5.21 Å². The molecule has 2 aromatic rings. The largest absolute Gasteiger partial charge is 0.444 e. The van der Waals surface area contributed by atoms with Gasteiger partial charge in [0.25, 0.3) is 11.9 Å². The van der Waals surface area contributed by atoms with Crippen LogP contribution in [0.2, 0.25) is 0 Å². The Bertz CT molecular complexity index is 706. The Morgan fingerprint density at radius 2 is 1.92 bits per heavy atom. The van der Waals surface area contributed by atoms with Gasteiger partial charge in [-0.3, -0.25) is 10.1 Å². The zero-order chi connectivity index (χ0) is 18.4. The van der Waals surface area contributed by atoms with E-state index in [9.17, 15) is 9.59 Å². The SMILES string of the molecule is CCN(Cc1ccc(C(=O)Nc2nn[nH]n2)cc1)C(=O)OC(C)(C)C. The summed E-state index contributed by atoms with van der Waals surface area (Å²) in [7, 11) is 0. The van der Waals surface area contributed by atoms with E-state index in [0.29, 0.717) is 18.7 Å². The lowest BCUT2D eigenvalue weighted by Gasteiger charge is -2.26. The summed E-state index contributed by atoms with van der Waals surface area (Å²) >= 11 is 0. The highest BCUT2D eigenvalue weighted by Gasteiger charge is 2.21. The van der Waals surface area contributed by atoms with E-state index in [2.05, 4.69) is 25.9 Å². The first-order valence-corrected chi connectivity index (χ1v) is 7.90. The van der Waals surface area contributed by atoms with Crippen LogP contribution in [0.25, 0.3) is 0 Å². The third-order valence-electron chi connectivity index (χ3n) is 3.19. The monoisotopic (exact) mass is 346 g/mol. The molecule has 0 fully saturated rings. The molecule has 9 heteroatoms. The number of nitrogens with one attached hydrogen (secondary N) is 2. The number of benzene rings is 1. The summed E-state index contributed by atoms with van der Waals surface area (Å²) in [6.07, 6.45) is -0.367. The van der Waals surface area contributed by atoms with Gasteiger partial charge >= 0.3 is 6.09 Å². The Morgan fingerprint density at radius 3 is 2.44 bits per heavy atom. The fraction of sp³-hybridized carbons (Fsp3) is 0.438. The van der Waals surface area contributed by atoms with E-state index in [1.807, 2.05) is 27.7 Å². The van der Waals surface area contributed by atoms with Crippen molar-refractivity contribution in [2.75, 3.05) is 11.9 Å². The second-order valence-electron chi connectivity index (χ2n) is 6.38. The lowest BCUT2D eigenvalue weighted by molar-refractivity contribution is 0.0244. The summed E-state index contributed by atoms with van der Waals surface area (Å²) in [5.74, 6) is -0.233. The second-order valence-corrected chi connectivity index (χ2v) is 6.38. The number of carbonyl (C=O) groups is 2. The Labute approximate surface area is 145 Å². The van der Waals surface area contributed by atoms with Crippen LogP contribution < -0.4 is 5.32 Å². The van der Waals surface area contributed by atoms with E-state index < -0.39 is 5.60 Å². The molecule has 0 aliphatic heterocycles. The van der Waals surface area contributed by atoms with E-state index in [0.717, 1.165) is 5.56 Å². The number of amides is 2. The van der Waals surface area contributed by atoms with Crippen molar-refractivity contribution in [3.63, 3.8) is 0 Å². The minimum absolute atomic E-state index is 0.108. The van der Waals surface area contributed by atoms with Crippen LogP contribution >= 0.6 is 0 Å². The summed E-state index contributed by atoms with van der Waals surface area (Å²) in [5.41, 5.74) is 0.805. The Hall–Kier alpha value is -2.97. The minimum Gasteiger partial charge on any atom is -0.444 e. The fourth-order valence-electron chi connectivity index (χ4n) is 2.00. The van der Waals surface area contributed by atoms with E-state index in [1.165, 1.54) is 0 Å². The van der Waals surface area contributed by atoms with Crippen LogP contribution in [0.4, 0.5) is 10.7 Å². The number of tetrazole rings is 1. The molecule has 134 valence electrons. The van der Waals surface area contributed by atoms with Crippen LogP contribution in [0.5, 0.6) is 0 Å². The number of carbonyl (C=O) groups excluding carboxylic acids is 2. The summed E-state index contributed by atoms with van der Waals surface area (Å²) in [6.45, 7) is 8.30. The van der Waals surface area contributed by atoms with Crippen LogP contribution in [0.1, 0.15) is 43.6 Å². The molecule has 0 aliphatic carbocycles. The number of hydrogen-bond acceptors (Lipinski definition) is 6. The molecular formula is C16H22N6O3.